The second-order valence-corrected chi connectivity index (χ2v) is 7.88. The molecule has 1 N–H and O–H groups in total. The Labute approximate surface area is 178 Å². The van der Waals surface area contributed by atoms with Crippen LogP contribution in [0.3, 0.4) is 0 Å². The molecule has 3 heterocycles. The van der Waals surface area contributed by atoms with Crippen LogP contribution < -0.4 is 10.1 Å². The Morgan fingerprint density at radius 3 is 2.47 bits per heavy atom. The fourth-order valence-corrected chi connectivity index (χ4v) is 3.89. The third-order valence-corrected chi connectivity index (χ3v) is 5.43. The summed E-state index contributed by atoms with van der Waals surface area (Å²) in [7, 11) is 0. The molecular weight excluding hydrogens is 433 g/mol. The average molecular weight is 446 g/mol. The lowest BCUT2D eigenvalue weighted by Crippen LogP contribution is -2.05. The number of alkyl halides is 3. The van der Waals surface area contributed by atoms with Gasteiger partial charge >= 0.3 is 6.18 Å². The minimum Gasteiger partial charge on any atom is -0.453 e. The van der Waals surface area contributed by atoms with Crippen molar-refractivity contribution in [3.8, 4) is 11.5 Å². The van der Waals surface area contributed by atoms with Crippen LogP contribution in [0.5, 0.6) is 11.5 Å². The zero-order valence-corrected chi connectivity index (χ0v) is 16.8. The first-order valence-corrected chi connectivity index (χ1v) is 10.3. The SMILES string of the molecule is FC(F)(F)c1csc(Nc2ncc(Sc3ccncc3)cc2Oc2ccccc2)n1. The Bertz CT molecular complexity index is 1120. The van der Waals surface area contributed by atoms with Gasteiger partial charge in [0.2, 0.25) is 0 Å². The summed E-state index contributed by atoms with van der Waals surface area (Å²) in [4.78, 5) is 13.7. The summed E-state index contributed by atoms with van der Waals surface area (Å²) in [5, 5.41) is 3.85. The van der Waals surface area contributed by atoms with Crippen LogP contribution in [0.15, 0.2) is 82.3 Å². The number of thiazole rings is 1. The number of halogens is 3. The van der Waals surface area contributed by atoms with E-state index in [4.69, 9.17) is 4.74 Å². The lowest BCUT2D eigenvalue weighted by molar-refractivity contribution is -0.140. The van der Waals surface area contributed by atoms with Crippen molar-refractivity contribution in [3.63, 3.8) is 0 Å². The average Bonchev–Trinajstić information content (AvgIpc) is 3.21. The molecular formula is C20H13F3N4OS2. The molecule has 0 aliphatic carbocycles. The van der Waals surface area contributed by atoms with Gasteiger partial charge in [-0.1, -0.05) is 30.0 Å². The van der Waals surface area contributed by atoms with E-state index in [1.165, 1.54) is 11.8 Å². The zero-order chi connectivity index (χ0) is 21.0. The van der Waals surface area contributed by atoms with E-state index in [2.05, 4.69) is 20.3 Å². The molecule has 3 aromatic heterocycles. The van der Waals surface area contributed by atoms with Gasteiger partial charge < -0.3 is 10.1 Å². The van der Waals surface area contributed by atoms with Gasteiger partial charge in [-0.05, 0) is 24.3 Å². The summed E-state index contributed by atoms with van der Waals surface area (Å²) < 4.78 is 44.4. The first-order chi connectivity index (χ1) is 14.5. The van der Waals surface area contributed by atoms with Crippen molar-refractivity contribution in [2.24, 2.45) is 0 Å². The molecule has 0 saturated heterocycles. The Morgan fingerprint density at radius 2 is 1.77 bits per heavy atom. The van der Waals surface area contributed by atoms with Crippen LogP contribution in [0.2, 0.25) is 0 Å². The predicted octanol–water partition coefficient (Wildman–Crippen LogP) is 6.64. The van der Waals surface area contributed by atoms with Gasteiger partial charge in [-0.15, -0.1) is 11.3 Å². The Kier molecular flexibility index (Phi) is 5.86. The highest BCUT2D eigenvalue weighted by Gasteiger charge is 2.33. The quantitative estimate of drug-likeness (QED) is 0.358. The van der Waals surface area contributed by atoms with Gasteiger partial charge in [-0.3, -0.25) is 4.98 Å². The number of nitrogens with one attached hydrogen (secondary N) is 1. The Balaban J connectivity index is 1.63. The summed E-state index contributed by atoms with van der Waals surface area (Å²) in [6.45, 7) is 0. The van der Waals surface area contributed by atoms with Gasteiger partial charge in [0.15, 0.2) is 22.4 Å². The fraction of sp³-hybridized carbons (Fsp3) is 0.0500. The molecule has 4 rings (SSSR count). The molecule has 0 bridgehead atoms. The number of nitrogens with zero attached hydrogens (tertiary/aromatic N) is 3. The van der Waals surface area contributed by atoms with Crippen LogP contribution in [0.25, 0.3) is 0 Å². The number of anilines is 2. The van der Waals surface area contributed by atoms with Crippen LogP contribution in [0.4, 0.5) is 24.1 Å². The van der Waals surface area contributed by atoms with E-state index in [-0.39, 0.29) is 10.9 Å². The summed E-state index contributed by atoms with van der Waals surface area (Å²) >= 11 is 2.31. The number of hydrogen-bond donors (Lipinski definition) is 1. The molecule has 0 aliphatic rings. The third kappa shape index (κ3) is 5.08. The number of para-hydroxylation sites is 1. The standard InChI is InChI=1S/C20H13F3N4OS2/c21-20(22,23)17-12-29-19(26-17)27-18-16(28-13-4-2-1-3-5-13)10-15(11-25-18)30-14-6-8-24-9-7-14/h1-12H,(H,25,26,27). The second-order valence-electron chi connectivity index (χ2n) is 5.88. The van der Waals surface area contributed by atoms with Crippen molar-refractivity contribution < 1.29 is 17.9 Å². The number of benzene rings is 1. The van der Waals surface area contributed by atoms with Crippen molar-refractivity contribution in [2.45, 2.75) is 16.0 Å². The predicted molar refractivity (Wildman–Crippen MR) is 110 cm³/mol. The number of rotatable bonds is 6. The smallest absolute Gasteiger partial charge is 0.434 e. The highest BCUT2D eigenvalue weighted by molar-refractivity contribution is 7.99. The maximum absolute atomic E-state index is 12.8. The molecule has 0 aliphatic heterocycles. The van der Waals surface area contributed by atoms with E-state index in [0.29, 0.717) is 11.5 Å². The van der Waals surface area contributed by atoms with Crippen molar-refractivity contribution in [1.82, 2.24) is 15.0 Å². The van der Waals surface area contributed by atoms with E-state index >= 15 is 0 Å². The van der Waals surface area contributed by atoms with Crippen LogP contribution in [-0.4, -0.2) is 15.0 Å². The molecule has 4 aromatic rings. The first-order valence-electron chi connectivity index (χ1n) is 8.58. The fourth-order valence-electron chi connectivity index (χ4n) is 2.37. The van der Waals surface area contributed by atoms with Gasteiger partial charge in [-0.25, -0.2) is 9.97 Å². The van der Waals surface area contributed by atoms with E-state index in [1.807, 2.05) is 30.3 Å². The minimum atomic E-state index is -4.50. The topological polar surface area (TPSA) is 59.9 Å². The monoisotopic (exact) mass is 446 g/mol. The van der Waals surface area contributed by atoms with Crippen molar-refractivity contribution in [3.05, 3.63) is 78.2 Å². The second kappa shape index (κ2) is 8.72. The molecule has 0 radical (unpaired) electrons. The molecule has 0 saturated carbocycles. The van der Waals surface area contributed by atoms with Gasteiger partial charge in [0.25, 0.3) is 0 Å². The zero-order valence-electron chi connectivity index (χ0n) is 15.1. The molecule has 5 nitrogen and oxygen atoms in total. The van der Waals surface area contributed by atoms with Crippen LogP contribution in [0, 0.1) is 0 Å². The molecule has 0 atom stereocenters. The maximum Gasteiger partial charge on any atom is 0.434 e. The molecule has 152 valence electrons. The van der Waals surface area contributed by atoms with Gasteiger partial charge in [0.05, 0.1) is 0 Å². The summed E-state index contributed by atoms with van der Waals surface area (Å²) in [6, 6.07) is 14.5. The molecule has 1 aromatic carbocycles. The van der Waals surface area contributed by atoms with Crippen LogP contribution >= 0.6 is 23.1 Å². The van der Waals surface area contributed by atoms with Crippen LogP contribution in [-0.2, 0) is 6.18 Å². The van der Waals surface area contributed by atoms with E-state index in [9.17, 15) is 13.2 Å². The van der Waals surface area contributed by atoms with E-state index < -0.39 is 11.9 Å². The van der Waals surface area contributed by atoms with Gasteiger partial charge in [0.1, 0.15) is 5.75 Å². The minimum absolute atomic E-state index is 0.0715. The molecule has 0 fully saturated rings. The molecule has 0 unspecified atom stereocenters. The van der Waals surface area contributed by atoms with Gasteiger partial charge in [-0.2, -0.15) is 13.2 Å². The molecule has 30 heavy (non-hydrogen) atoms. The van der Waals surface area contributed by atoms with Crippen molar-refractivity contribution in [2.75, 3.05) is 5.32 Å². The van der Waals surface area contributed by atoms with Gasteiger partial charge in [0, 0.05) is 39.8 Å². The first kappa shape index (κ1) is 20.2. The van der Waals surface area contributed by atoms with Crippen LogP contribution in [0.1, 0.15) is 5.69 Å². The number of aromatic nitrogens is 3. The van der Waals surface area contributed by atoms with Crippen molar-refractivity contribution in [1.29, 1.82) is 0 Å². The highest BCUT2D eigenvalue weighted by atomic mass is 32.2. The highest BCUT2D eigenvalue weighted by Crippen LogP contribution is 2.37. The van der Waals surface area contributed by atoms with E-state index in [1.54, 1.807) is 36.8 Å². The number of hydrogen-bond acceptors (Lipinski definition) is 7. The largest absolute Gasteiger partial charge is 0.453 e. The molecule has 10 heteroatoms. The summed E-state index contributed by atoms with van der Waals surface area (Å²) in [5.41, 5.74) is -0.953. The summed E-state index contributed by atoms with van der Waals surface area (Å²) in [6.07, 6.45) is 0.489. The maximum atomic E-state index is 12.8. The molecule has 0 amide bonds. The van der Waals surface area contributed by atoms with Crippen molar-refractivity contribution >= 4 is 34.0 Å². The lowest BCUT2D eigenvalue weighted by atomic mass is 10.3. The number of pyridine rings is 2. The Morgan fingerprint density at radius 1 is 1.00 bits per heavy atom. The Hall–Kier alpha value is -3.11. The molecule has 0 spiro atoms. The third-order valence-electron chi connectivity index (χ3n) is 3.70. The van der Waals surface area contributed by atoms with E-state index in [0.717, 1.165) is 26.5 Å². The summed E-state index contributed by atoms with van der Waals surface area (Å²) in [5.74, 6) is 1.20. The normalized spacial score (nSPS) is 11.3. The lowest BCUT2D eigenvalue weighted by Gasteiger charge is -2.12. The number of ether oxygens (including phenoxy) is 1.